The third-order valence-corrected chi connectivity index (χ3v) is 3.39. The number of ether oxygens (including phenoxy) is 2. The summed E-state index contributed by atoms with van der Waals surface area (Å²) in [6.07, 6.45) is 1.57. The molecule has 0 saturated heterocycles. The second kappa shape index (κ2) is 8.95. The molecule has 0 aliphatic heterocycles. The lowest BCUT2D eigenvalue weighted by atomic mass is 10.1. The molecule has 0 aliphatic carbocycles. The Labute approximate surface area is 143 Å². The van der Waals surface area contributed by atoms with Crippen molar-refractivity contribution >= 4 is 28.1 Å². The van der Waals surface area contributed by atoms with Crippen LogP contribution in [0, 0.1) is 0 Å². The normalized spacial score (nSPS) is 10.5. The SMILES string of the molecule is COC(=O)c1ccc(C=NOCCOc2ccc(Br)cc2)cc1. The summed E-state index contributed by atoms with van der Waals surface area (Å²) in [6, 6.07) is 14.4. The van der Waals surface area contributed by atoms with Crippen molar-refractivity contribution in [1.29, 1.82) is 0 Å². The van der Waals surface area contributed by atoms with Gasteiger partial charge >= 0.3 is 5.97 Å². The van der Waals surface area contributed by atoms with E-state index in [1.807, 2.05) is 24.3 Å². The average molecular weight is 378 g/mol. The molecule has 0 aromatic heterocycles. The maximum atomic E-state index is 11.3. The van der Waals surface area contributed by atoms with Gasteiger partial charge < -0.3 is 14.3 Å². The highest BCUT2D eigenvalue weighted by Gasteiger charge is 2.03. The molecule has 5 nitrogen and oxygen atoms in total. The van der Waals surface area contributed by atoms with Gasteiger partial charge in [0, 0.05) is 4.47 Å². The number of oxime groups is 1. The molecule has 0 unspecified atom stereocenters. The summed E-state index contributed by atoms with van der Waals surface area (Å²) in [7, 11) is 1.35. The lowest BCUT2D eigenvalue weighted by Gasteiger charge is -2.05. The highest BCUT2D eigenvalue weighted by molar-refractivity contribution is 9.10. The van der Waals surface area contributed by atoms with Crippen LogP contribution in [-0.4, -0.2) is 32.5 Å². The summed E-state index contributed by atoms with van der Waals surface area (Å²) in [5, 5.41) is 3.85. The minimum Gasteiger partial charge on any atom is -0.490 e. The van der Waals surface area contributed by atoms with Gasteiger partial charge in [-0.25, -0.2) is 4.79 Å². The molecule has 2 rings (SSSR count). The predicted molar refractivity (Wildman–Crippen MR) is 91.0 cm³/mol. The van der Waals surface area contributed by atoms with Crippen molar-refractivity contribution in [2.45, 2.75) is 0 Å². The standard InChI is InChI=1S/C17H16BrNO4/c1-21-17(20)14-4-2-13(3-5-14)12-19-23-11-10-22-16-8-6-15(18)7-9-16/h2-9,12H,10-11H2,1H3. The number of carbonyl (C=O) groups excluding carboxylic acids is 1. The molecule has 0 aliphatic rings. The zero-order valence-electron chi connectivity index (χ0n) is 12.6. The van der Waals surface area contributed by atoms with Crippen molar-refractivity contribution in [3.8, 4) is 5.75 Å². The van der Waals surface area contributed by atoms with Gasteiger partial charge in [-0.05, 0) is 42.0 Å². The van der Waals surface area contributed by atoms with Crippen molar-refractivity contribution in [1.82, 2.24) is 0 Å². The predicted octanol–water partition coefficient (Wildman–Crippen LogP) is 3.67. The second-order valence-corrected chi connectivity index (χ2v) is 5.40. The van der Waals surface area contributed by atoms with Crippen molar-refractivity contribution in [3.05, 3.63) is 64.1 Å². The molecular weight excluding hydrogens is 362 g/mol. The Kier molecular flexibility index (Phi) is 6.62. The Morgan fingerprint density at radius 3 is 2.43 bits per heavy atom. The fourth-order valence-electron chi connectivity index (χ4n) is 1.70. The van der Waals surface area contributed by atoms with Gasteiger partial charge in [-0.15, -0.1) is 0 Å². The van der Waals surface area contributed by atoms with Gasteiger partial charge in [0.1, 0.15) is 12.4 Å². The minimum absolute atomic E-state index is 0.340. The van der Waals surface area contributed by atoms with Crippen LogP contribution >= 0.6 is 15.9 Å². The van der Waals surface area contributed by atoms with Crippen molar-refractivity contribution < 1.29 is 19.1 Å². The molecule has 0 atom stereocenters. The average Bonchev–Trinajstić information content (AvgIpc) is 2.59. The van der Waals surface area contributed by atoms with Crippen LogP contribution in [0.5, 0.6) is 5.75 Å². The van der Waals surface area contributed by atoms with Gasteiger partial charge in [-0.3, -0.25) is 0 Å². The summed E-state index contributed by atoms with van der Waals surface area (Å²) in [5.74, 6) is 0.411. The summed E-state index contributed by atoms with van der Waals surface area (Å²) in [4.78, 5) is 16.4. The van der Waals surface area contributed by atoms with Crippen LogP contribution in [0.3, 0.4) is 0 Å². The third-order valence-electron chi connectivity index (χ3n) is 2.87. The summed E-state index contributed by atoms with van der Waals surface area (Å²) < 4.78 is 11.1. The third kappa shape index (κ3) is 5.75. The van der Waals surface area contributed by atoms with Gasteiger partial charge in [-0.1, -0.05) is 33.2 Å². The largest absolute Gasteiger partial charge is 0.490 e. The number of rotatable bonds is 7. The van der Waals surface area contributed by atoms with Gasteiger partial charge in [0.2, 0.25) is 0 Å². The Morgan fingerprint density at radius 1 is 1.09 bits per heavy atom. The van der Waals surface area contributed by atoms with E-state index in [0.29, 0.717) is 18.8 Å². The number of benzene rings is 2. The van der Waals surface area contributed by atoms with Crippen LogP contribution in [0.1, 0.15) is 15.9 Å². The molecule has 0 amide bonds. The van der Waals surface area contributed by atoms with Gasteiger partial charge in [-0.2, -0.15) is 0 Å². The lowest BCUT2D eigenvalue weighted by Crippen LogP contribution is -2.04. The van der Waals surface area contributed by atoms with E-state index >= 15 is 0 Å². The Hall–Kier alpha value is -2.34. The van der Waals surface area contributed by atoms with Crippen LogP contribution in [-0.2, 0) is 9.57 Å². The summed E-state index contributed by atoms with van der Waals surface area (Å²) >= 11 is 3.36. The molecule has 0 spiro atoms. The molecule has 2 aromatic carbocycles. The molecular formula is C17H16BrNO4. The minimum atomic E-state index is -0.366. The fraction of sp³-hybridized carbons (Fsp3) is 0.176. The second-order valence-electron chi connectivity index (χ2n) is 4.48. The number of carbonyl (C=O) groups is 1. The first-order valence-corrected chi connectivity index (χ1v) is 7.70. The quantitative estimate of drug-likeness (QED) is 0.319. The van der Waals surface area contributed by atoms with E-state index in [4.69, 9.17) is 9.57 Å². The van der Waals surface area contributed by atoms with E-state index in [0.717, 1.165) is 15.8 Å². The number of nitrogens with zero attached hydrogens (tertiary/aromatic N) is 1. The van der Waals surface area contributed by atoms with Crippen LogP contribution in [0.4, 0.5) is 0 Å². The zero-order chi connectivity index (χ0) is 16.5. The van der Waals surface area contributed by atoms with Crippen LogP contribution in [0.15, 0.2) is 58.2 Å². The zero-order valence-corrected chi connectivity index (χ0v) is 14.2. The molecule has 0 N–H and O–H groups in total. The fourth-order valence-corrected chi connectivity index (χ4v) is 1.97. The molecule has 23 heavy (non-hydrogen) atoms. The Balaban J connectivity index is 1.70. The first-order valence-electron chi connectivity index (χ1n) is 6.91. The van der Waals surface area contributed by atoms with Gasteiger partial charge in [0.05, 0.1) is 18.9 Å². The number of esters is 1. The van der Waals surface area contributed by atoms with E-state index in [1.165, 1.54) is 7.11 Å². The molecule has 0 radical (unpaired) electrons. The van der Waals surface area contributed by atoms with E-state index in [1.54, 1.807) is 30.5 Å². The maximum absolute atomic E-state index is 11.3. The lowest BCUT2D eigenvalue weighted by molar-refractivity contribution is 0.0600. The first kappa shape index (κ1) is 17.0. The van der Waals surface area contributed by atoms with E-state index in [-0.39, 0.29) is 5.97 Å². The molecule has 0 saturated carbocycles. The molecule has 6 heteroatoms. The van der Waals surface area contributed by atoms with Gasteiger partial charge in [0.15, 0.2) is 6.61 Å². The molecule has 0 heterocycles. The van der Waals surface area contributed by atoms with Crippen LogP contribution in [0.2, 0.25) is 0 Å². The van der Waals surface area contributed by atoms with Crippen molar-refractivity contribution in [2.24, 2.45) is 5.16 Å². The smallest absolute Gasteiger partial charge is 0.337 e. The highest BCUT2D eigenvalue weighted by Crippen LogP contribution is 2.15. The van der Waals surface area contributed by atoms with Gasteiger partial charge in [0.25, 0.3) is 0 Å². The first-order chi connectivity index (χ1) is 11.2. The number of methoxy groups -OCH3 is 1. The monoisotopic (exact) mass is 377 g/mol. The highest BCUT2D eigenvalue weighted by atomic mass is 79.9. The van der Waals surface area contributed by atoms with Crippen LogP contribution in [0.25, 0.3) is 0 Å². The van der Waals surface area contributed by atoms with Crippen molar-refractivity contribution in [2.75, 3.05) is 20.3 Å². The topological polar surface area (TPSA) is 57.1 Å². The number of hydrogen-bond acceptors (Lipinski definition) is 5. The Morgan fingerprint density at radius 2 is 1.78 bits per heavy atom. The van der Waals surface area contributed by atoms with E-state index < -0.39 is 0 Å². The van der Waals surface area contributed by atoms with E-state index in [9.17, 15) is 4.79 Å². The molecule has 2 aromatic rings. The summed E-state index contributed by atoms with van der Waals surface area (Å²) in [6.45, 7) is 0.743. The molecule has 0 fully saturated rings. The molecule has 0 bridgehead atoms. The van der Waals surface area contributed by atoms with Crippen molar-refractivity contribution in [3.63, 3.8) is 0 Å². The number of halogens is 1. The van der Waals surface area contributed by atoms with E-state index in [2.05, 4.69) is 25.8 Å². The summed E-state index contributed by atoms with van der Waals surface area (Å²) in [5.41, 5.74) is 1.32. The Bertz CT molecular complexity index is 653. The number of hydrogen-bond donors (Lipinski definition) is 0. The molecule has 120 valence electrons. The maximum Gasteiger partial charge on any atom is 0.337 e. The van der Waals surface area contributed by atoms with Crippen LogP contribution < -0.4 is 4.74 Å².